The van der Waals surface area contributed by atoms with Gasteiger partial charge in [-0.15, -0.1) is 0 Å². The van der Waals surface area contributed by atoms with Crippen molar-refractivity contribution in [2.24, 2.45) is 0 Å². The van der Waals surface area contributed by atoms with Gasteiger partial charge in [0.15, 0.2) is 6.61 Å². The number of fused-ring (bicyclic) bond motifs is 1. The Labute approximate surface area is 187 Å². The Morgan fingerprint density at radius 2 is 1.94 bits per heavy atom. The lowest BCUT2D eigenvalue weighted by Crippen LogP contribution is -2.28. The third-order valence-corrected chi connectivity index (χ3v) is 5.05. The predicted octanol–water partition coefficient (Wildman–Crippen LogP) is 4.38. The highest BCUT2D eigenvalue weighted by molar-refractivity contribution is 9.10. The van der Waals surface area contributed by atoms with Gasteiger partial charge in [0.2, 0.25) is 0 Å². The number of rotatable bonds is 8. The van der Waals surface area contributed by atoms with Crippen LogP contribution in [0.3, 0.4) is 0 Å². The van der Waals surface area contributed by atoms with Gasteiger partial charge in [0.05, 0.1) is 4.47 Å². The number of unbranched alkanes of at least 4 members (excludes halogenated alkanes) is 1. The Bertz CT molecular complexity index is 1170. The normalized spacial score (nSPS) is 10.7. The van der Waals surface area contributed by atoms with E-state index in [4.69, 9.17) is 13.9 Å². The van der Waals surface area contributed by atoms with Crippen LogP contribution in [0.4, 0.5) is 0 Å². The van der Waals surface area contributed by atoms with Gasteiger partial charge in [0, 0.05) is 18.0 Å². The van der Waals surface area contributed by atoms with Gasteiger partial charge in [-0.3, -0.25) is 4.79 Å². The molecule has 0 fully saturated rings. The zero-order valence-corrected chi connectivity index (χ0v) is 18.8. The molecule has 1 heterocycles. The third-order valence-electron chi connectivity index (χ3n) is 4.43. The summed E-state index contributed by atoms with van der Waals surface area (Å²) in [5.74, 6) is -0.357. The largest absolute Gasteiger partial charge is 0.481 e. The highest BCUT2D eigenvalue weighted by Gasteiger charge is 2.15. The molecule has 0 aliphatic carbocycles. The van der Waals surface area contributed by atoms with Crippen molar-refractivity contribution in [2.75, 3.05) is 13.2 Å². The summed E-state index contributed by atoms with van der Waals surface area (Å²) in [4.78, 5) is 36.5. The number of halogens is 1. The minimum atomic E-state index is -0.752. The zero-order valence-electron chi connectivity index (χ0n) is 17.2. The molecule has 3 aromatic rings. The van der Waals surface area contributed by atoms with Gasteiger partial charge in [-0.2, -0.15) is 0 Å². The van der Waals surface area contributed by atoms with Crippen molar-refractivity contribution >= 4 is 38.8 Å². The maximum atomic E-state index is 12.2. The van der Waals surface area contributed by atoms with E-state index < -0.39 is 17.5 Å². The Kier molecular flexibility index (Phi) is 7.46. The van der Waals surface area contributed by atoms with Crippen LogP contribution in [0.25, 0.3) is 11.0 Å². The topological polar surface area (TPSA) is 94.8 Å². The third kappa shape index (κ3) is 5.95. The van der Waals surface area contributed by atoms with E-state index in [1.54, 1.807) is 18.2 Å². The first-order valence-corrected chi connectivity index (χ1v) is 10.6. The summed E-state index contributed by atoms with van der Waals surface area (Å²) in [6.45, 7) is 4.15. The van der Waals surface area contributed by atoms with E-state index in [2.05, 4.69) is 21.2 Å². The van der Waals surface area contributed by atoms with E-state index in [1.807, 2.05) is 26.0 Å². The van der Waals surface area contributed by atoms with Crippen LogP contribution in [-0.4, -0.2) is 25.0 Å². The van der Waals surface area contributed by atoms with Crippen molar-refractivity contribution in [2.45, 2.75) is 26.7 Å². The first-order chi connectivity index (χ1) is 14.9. The second-order valence-electron chi connectivity index (χ2n) is 6.95. The maximum absolute atomic E-state index is 12.2. The molecule has 1 N–H and O–H groups in total. The molecule has 0 aliphatic heterocycles. The van der Waals surface area contributed by atoms with Crippen LogP contribution in [0.2, 0.25) is 0 Å². The summed E-state index contributed by atoms with van der Waals surface area (Å²) in [7, 11) is 0. The van der Waals surface area contributed by atoms with Crippen molar-refractivity contribution in [3.8, 4) is 11.5 Å². The quantitative estimate of drug-likeness (QED) is 0.219. The van der Waals surface area contributed by atoms with Crippen molar-refractivity contribution in [1.29, 1.82) is 0 Å². The number of benzene rings is 2. The number of carbonyl (C=O) groups is 2. The van der Waals surface area contributed by atoms with E-state index in [-0.39, 0.29) is 23.5 Å². The Morgan fingerprint density at radius 1 is 1.13 bits per heavy atom. The molecule has 0 saturated heterocycles. The first kappa shape index (κ1) is 22.6. The molecular formula is C23H22BrNO6. The number of nitrogens with one attached hydrogen (secondary N) is 1. The molecule has 3 rings (SSSR count). The summed E-state index contributed by atoms with van der Waals surface area (Å²) < 4.78 is 16.7. The van der Waals surface area contributed by atoms with Crippen molar-refractivity contribution in [1.82, 2.24) is 5.32 Å². The van der Waals surface area contributed by atoms with Crippen LogP contribution in [0.5, 0.6) is 11.5 Å². The molecule has 8 heteroatoms. The Hall–Kier alpha value is -3.13. The fraction of sp³-hybridized carbons (Fsp3) is 0.261. The number of esters is 1. The van der Waals surface area contributed by atoms with Gasteiger partial charge in [0.25, 0.3) is 5.91 Å². The maximum Gasteiger partial charge on any atom is 0.349 e. The highest BCUT2D eigenvalue weighted by atomic mass is 79.9. The molecular weight excluding hydrogens is 466 g/mol. The number of ether oxygens (including phenoxy) is 2. The van der Waals surface area contributed by atoms with E-state index in [0.717, 1.165) is 22.9 Å². The van der Waals surface area contributed by atoms with Gasteiger partial charge in [0.1, 0.15) is 22.6 Å². The lowest BCUT2D eigenvalue weighted by Gasteiger charge is -2.09. The van der Waals surface area contributed by atoms with Crippen LogP contribution in [0.15, 0.2) is 56.1 Å². The summed E-state index contributed by atoms with van der Waals surface area (Å²) in [5.41, 5.74) is 0.451. The minimum absolute atomic E-state index is 0.0644. The molecule has 0 aliphatic rings. The lowest BCUT2D eigenvalue weighted by molar-refractivity contribution is -0.136. The Balaban J connectivity index is 1.67. The smallest absolute Gasteiger partial charge is 0.349 e. The molecule has 0 radical (unpaired) electrons. The summed E-state index contributed by atoms with van der Waals surface area (Å²) in [6.07, 6.45) is 1.76. The summed E-state index contributed by atoms with van der Waals surface area (Å²) >= 11 is 3.38. The van der Waals surface area contributed by atoms with Crippen molar-refractivity contribution in [3.63, 3.8) is 0 Å². The molecule has 0 spiro atoms. The fourth-order valence-corrected chi connectivity index (χ4v) is 3.42. The van der Waals surface area contributed by atoms with E-state index in [9.17, 15) is 14.4 Å². The zero-order chi connectivity index (χ0) is 22.4. The van der Waals surface area contributed by atoms with Gasteiger partial charge in [-0.25, -0.2) is 9.59 Å². The van der Waals surface area contributed by atoms with Crippen molar-refractivity contribution < 1.29 is 23.5 Å². The minimum Gasteiger partial charge on any atom is -0.481 e. The number of hydrogen-bond donors (Lipinski definition) is 1. The molecule has 31 heavy (non-hydrogen) atoms. The number of carbonyl (C=O) groups excluding carboxylic acids is 2. The number of hydrogen-bond acceptors (Lipinski definition) is 6. The average Bonchev–Trinajstić information content (AvgIpc) is 2.72. The second-order valence-corrected chi connectivity index (χ2v) is 7.81. The van der Waals surface area contributed by atoms with Gasteiger partial charge in [-0.1, -0.05) is 19.4 Å². The van der Waals surface area contributed by atoms with Crippen LogP contribution < -0.4 is 20.4 Å². The van der Waals surface area contributed by atoms with E-state index in [1.165, 1.54) is 12.1 Å². The number of aryl methyl sites for hydroxylation is 1. The summed E-state index contributed by atoms with van der Waals surface area (Å²) in [5, 5.41) is 3.23. The average molecular weight is 488 g/mol. The highest BCUT2D eigenvalue weighted by Crippen LogP contribution is 2.26. The molecule has 1 aromatic heterocycles. The Morgan fingerprint density at radius 3 is 2.68 bits per heavy atom. The van der Waals surface area contributed by atoms with E-state index >= 15 is 0 Å². The lowest BCUT2D eigenvalue weighted by atomic mass is 10.1. The van der Waals surface area contributed by atoms with Gasteiger partial charge in [-0.05, 0) is 65.2 Å². The molecule has 1 amide bonds. The molecule has 0 unspecified atom stereocenters. The van der Waals surface area contributed by atoms with Crippen LogP contribution in [0.1, 0.15) is 35.7 Å². The first-order valence-electron chi connectivity index (χ1n) is 9.83. The predicted molar refractivity (Wildman–Crippen MR) is 120 cm³/mol. The standard InChI is InChI=1S/C23H22BrNO6/c1-3-4-9-25-22(27)17-11-15-6-7-16(12-20(15)31-23(17)28)30-21(26)13-29-19-8-5-14(2)10-18(19)24/h5-8,10-12H,3-4,9,13H2,1-2H3,(H,25,27). The fourth-order valence-electron chi connectivity index (χ4n) is 2.81. The molecule has 0 bridgehead atoms. The van der Waals surface area contributed by atoms with Gasteiger partial charge >= 0.3 is 11.6 Å². The molecule has 2 aromatic carbocycles. The molecule has 7 nitrogen and oxygen atoms in total. The van der Waals surface area contributed by atoms with Crippen LogP contribution >= 0.6 is 15.9 Å². The SMILES string of the molecule is CCCCNC(=O)c1cc2ccc(OC(=O)COc3ccc(C)cc3Br)cc2oc1=O. The van der Waals surface area contributed by atoms with Crippen molar-refractivity contribution in [3.05, 3.63) is 68.5 Å². The van der Waals surface area contributed by atoms with Crippen LogP contribution in [0, 0.1) is 6.92 Å². The summed E-state index contributed by atoms with van der Waals surface area (Å²) in [6, 6.07) is 11.6. The molecule has 162 valence electrons. The second kappa shape index (κ2) is 10.3. The van der Waals surface area contributed by atoms with Gasteiger partial charge < -0.3 is 19.2 Å². The van der Waals surface area contributed by atoms with Crippen LogP contribution in [-0.2, 0) is 4.79 Å². The number of amides is 1. The van der Waals surface area contributed by atoms with E-state index in [0.29, 0.717) is 17.7 Å². The monoisotopic (exact) mass is 487 g/mol. The molecule has 0 atom stereocenters. The molecule has 0 saturated carbocycles.